The van der Waals surface area contributed by atoms with Crippen molar-refractivity contribution in [1.29, 1.82) is 0 Å². The van der Waals surface area contributed by atoms with Crippen molar-refractivity contribution in [1.82, 2.24) is 0 Å². The molecule has 3 rings (SSSR count). The zero-order valence-corrected chi connectivity index (χ0v) is 11.1. The van der Waals surface area contributed by atoms with Gasteiger partial charge in [-0.05, 0) is 18.2 Å². The highest BCUT2D eigenvalue weighted by molar-refractivity contribution is 6.04. The quantitative estimate of drug-likeness (QED) is 0.590. The number of benzene rings is 2. The zero-order valence-electron chi connectivity index (χ0n) is 11.1. The van der Waals surface area contributed by atoms with Gasteiger partial charge in [-0.1, -0.05) is 18.2 Å². The molecule has 0 aliphatic heterocycles. The molecule has 0 saturated carbocycles. The fourth-order valence-electron chi connectivity index (χ4n) is 2.00. The molecule has 1 amide bonds. The standard InChI is InChI=1S/C15H9FN2O4/c16-11-6-5-10(18(20)21)8-12(11)17-15(19)14-7-9-3-1-2-4-13(9)22-14/h1-8H,(H,17,19). The number of para-hydroxylation sites is 1. The lowest BCUT2D eigenvalue weighted by atomic mass is 10.2. The van der Waals surface area contributed by atoms with Gasteiger partial charge in [-0.25, -0.2) is 4.39 Å². The molecule has 6 nitrogen and oxygen atoms in total. The van der Waals surface area contributed by atoms with Crippen molar-refractivity contribution in [3.05, 3.63) is 70.2 Å². The molecule has 22 heavy (non-hydrogen) atoms. The Morgan fingerprint density at radius 1 is 1.18 bits per heavy atom. The molecular weight excluding hydrogens is 291 g/mol. The number of non-ortho nitro benzene ring substituents is 1. The lowest BCUT2D eigenvalue weighted by Gasteiger charge is -2.04. The topological polar surface area (TPSA) is 85.4 Å². The van der Waals surface area contributed by atoms with Crippen molar-refractivity contribution in [2.24, 2.45) is 0 Å². The Hall–Kier alpha value is -3.22. The van der Waals surface area contributed by atoms with Gasteiger partial charge in [0, 0.05) is 17.5 Å². The van der Waals surface area contributed by atoms with Gasteiger partial charge in [-0.2, -0.15) is 0 Å². The number of anilines is 1. The number of nitrogens with zero attached hydrogens (tertiary/aromatic N) is 1. The normalized spacial score (nSPS) is 10.6. The summed E-state index contributed by atoms with van der Waals surface area (Å²) in [4.78, 5) is 22.1. The van der Waals surface area contributed by atoms with E-state index in [1.54, 1.807) is 24.3 Å². The Bertz CT molecular complexity index is 855. The number of fused-ring (bicyclic) bond motifs is 1. The summed E-state index contributed by atoms with van der Waals surface area (Å²) in [7, 11) is 0. The highest BCUT2D eigenvalue weighted by Gasteiger charge is 2.16. The molecule has 0 saturated heterocycles. The first-order valence-corrected chi connectivity index (χ1v) is 6.28. The van der Waals surface area contributed by atoms with E-state index in [-0.39, 0.29) is 17.1 Å². The van der Waals surface area contributed by atoms with Crippen molar-refractivity contribution in [2.75, 3.05) is 5.32 Å². The molecule has 0 fully saturated rings. The van der Waals surface area contributed by atoms with Crippen molar-refractivity contribution >= 4 is 28.3 Å². The molecule has 7 heteroatoms. The number of nitro benzene ring substituents is 1. The Morgan fingerprint density at radius 3 is 2.68 bits per heavy atom. The molecule has 0 unspecified atom stereocenters. The summed E-state index contributed by atoms with van der Waals surface area (Å²) in [6.45, 7) is 0. The van der Waals surface area contributed by atoms with Gasteiger partial charge in [0.25, 0.3) is 11.6 Å². The summed E-state index contributed by atoms with van der Waals surface area (Å²) in [5.74, 6) is -1.46. The molecule has 0 spiro atoms. The average molecular weight is 300 g/mol. The molecule has 0 atom stereocenters. The fraction of sp³-hybridized carbons (Fsp3) is 0. The second-order valence-corrected chi connectivity index (χ2v) is 4.52. The second kappa shape index (κ2) is 5.28. The van der Waals surface area contributed by atoms with Crippen LogP contribution in [0.5, 0.6) is 0 Å². The Morgan fingerprint density at radius 2 is 1.95 bits per heavy atom. The second-order valence-electron chi connectivity index (χ2n) is 4.52. The van der Waals surface area contributed by atoms with Crippen LogP contribution in [0.2, 0.25) is 0 Å². The summed E-state index contributed by atoms with van der Waals surface area (Å²) in [6.07, 6.45) is 0. The number of carbonyl (C=O) groups is 1. The largest absolute Gasteiger partial charge is 0.451 e. The van der Waals surface area contributed by atoms with Gasteiger partial charge in [-0.3, -0.25) is 14.9 Å². The number of amides is 1. The van der Waals surface area contributed by atoms with Crippen LogP contribution in [0.3, 0.4) is 0 Å². The van der Waals surface area contributed by atoms with Crippen LogP contribution in [0.4, 0.5) is 15.8 Å². The molecule has 0 bridgehead atoms. The summed E-state index contributed by atoms with van der Waals surface area (Å²) in [5, 5.41) is 13.7. The number of rotatable bonds is 3. The summed E-state index contributed by atoms with van der Waals surface area (Å²) in [5.41, 5.74) is -0.0758. The van der Waals surface area contributed by atoms with Crippen LogP contribution >= 0.6 is 0 Å². The van der Waals surface area contributed by atoms with E-state index >= 15 is 0 Å². The number of hydrogen-bond donors (Lipinski definition) is 1. The Balaban J connectivity index is 1.90. The van der Waals surface area contributed by atoms with Crippen molar-refractivity contribution < 1.29 is 18.5 Å². The van der Waals surface area contributed by atoms with Gasteiger partial charge in [0.1, 0.15) is 11.4 Å². The van der Waals surface area contributed by atoms with Crippen LogP contribution in [-0.4, -0.2) is 10.8 Å². The third kappa shape index (κ3) is 2.51. The smallest absolute Gasteiger partial charge is 0.291 e. The number of nitro groups is 1. The summed E-state index contributed by atoms with van der Waals surface area (Å²) < 4.78 is 19.0. The van der Waals surface area contributed by atoms with E-state index in [9.17, 15) is 19.3 Å². The maximum absolute atomic E-state index is 13.6. The van der Waals surface area contributed by atoms with E-state index in [1.165, 1.54) is 6.07 Å². The number of hydrogen-bond acceptors (Lipinski definition) is 4. The Labute approximate surface area is 123 Å². The number of halogens is 1. The highest BCUT2D eigenvalue weighted by Crippen LogP contribution is 2.23. The van der Waals surface area contributed by atoms with Crippen molar-refractivity contribution in [2.45, 2.75) is 0 Å². The van der Waals surface area contributed by atoms with Crippen LogP contribution in [0.25, 0.3) is 11.0 Å². The SMILES string of the molecule is O=C(Nc1cc([N+](=O)[O-])ccc1F)c1cc2ccccc2o1. The van der Waals surface area contributed by atoms with Crippen LogP contribution in [0.1, 0.15) is 10.6 Å². The molecular formula is C15H9FN2O4. The summed E-state index contributed by atoms with van der Waals surface area (Å²) >= 11 is 0. The van der Waals surface area contributed by atoms with Gasteiger partial charge in [0.05, 0.1) is 10.6 Å². The van der Waals surface area contributed by atoms with Crippen LogP contribution < -0.4 is 5.32 Å². The maximum atomic E-state index is 13.6. The number of furan rings is 1. The van der Waals surface area contributed by atoms with Crippen LogP contribution in [0, 0.1) is 15.9 Å². The first-order chi connectivity index (χ1) is 10.5. The molecule has 1 aromatic heterocycles. The van der Waals surface area contributed by atoms with E-state index in [4.69, 9.17) is 4.42 Å². The molecule has 0 radical (unpaired) electrons. The number of nitrogens with one attached hydrogen (secondary N) is 1. The molecule has 0 aliphatic rings. The van der Waals surface area contributed by atoms with E-state index in [0.717, 1.165) is 23.6 Å². The van der Waals surface area contributed by atoms with Crippen LogP contribution in [0.15, 0.2) is 52.9 Å². The van der Waals surface area contributed by atoms with E-state index in [0.29, 0.717) is 5.58 Å². The van der Waals surface area contributed by atoms with E-state index in [2.05, 4.69) is 5.32 Å². The predicted molar refractivity (Wildman–Crippen MR) is 77.2 cm³/mol. The van der Waals surface area contributed by atoms with Gasteiger partial charge in [0.2, 0.25) is 0 Å². The van der Waals surface area contributed by atoms with Gasteiger partial charge >= 0.3 is 0 Å². The molecule has 1 heterocycles. The molecule has 0 aliphatic carbocycles. The minimum Gasteiger partial charge on any atom is -0.451 e. The molecule has 110 valence electrons. The zero-order chi connectivity index (χ0) is 15.7. The number of carbonyl (C=O) groups excluding carboxylic acids is 1. The third-order valence-electron chi connectivity index (χ3n) is 3.06. The molecule has 2 aromatic carbocycles. The molecule has 3 aromatic rings. The van der Waals surface area contributed by atoms with Gasteiger partial charge < -0.3 is 9.73 Å². The lowest BCUT2D eigenvalue weighted by molar-refractivity contribution is -0.384. The lowest BCUT2D eigenvalue weighted by Crippen LogP contribution is -2.12. The average Bonchev–Trinajstić information content (AvgIpc) is 2.93. The first kappa shape index (κ1) is 13.7. The monoisotopic (exact) mass is 300 g/mol. The maximum Gasteiger partial charge on any atom is 0.291 e. The van der Waals surface area contributed by atoms with Gasteiger partial charge in [-0.15, -0.1) is 0 Å². The third-order valence-corrected chi connectivity index (χ3v) is 3.06. The molecule has 1 N–H and O–H groups in total. The highest BCUT2D eigenvalue weighted by atomic mass is 19.1. The minimum atomic E-state index is -0.768. The van der Waals surface area contributed by atoms with Crippen molar-refractivity contribution in [3.63, 3.8) is 0 Å². The minimum absolute atomic E-state index is 0.00731. The summed E-state index contributed by atoms with van der Waals surface area (Å²) in [6, 6.07) is 11.4. The fourth-order valence-corrected chi connectivity index (χ4v) is 2.00. The van der Waals surface area contributed by atoms with Gasteiger partial charge in [0.15, 0.2) is 5.76 Å². The van der Waals surface area contributed by atoms with E-state index < -0.39 is 16.6 Å². The first-order valence-electron chi connectivity index (χ1n) is 6.28. The Kier molecular flexibility index (Phi) is 3.30. The predicted octanol–water partition coefficient (Wildman–Crippen LogP) is 3.73. The van der Waals surface area contributed by atoms with E-state index in [1.807, 2.05) is 0 Å². The van der Waals surface area contributed by atoms with Crippen LogP contribution in [-0.2, 0) is 0 Å². The van der Waals surface area contributed by atoms with Crippen molar-refractivity contribution in [3.8, 4) is 0 Å².